The van der Waals surface area contributed by atoms with Gasteiger partial charge in [0, 0.05) is 44.0 Å². The van der Waals surface area contributed by atoms with Crippen LogP contribution < -0.4 is 0 Å². The van der Waals surface area contributed by atoms with Gasteiger partial charge in [-0.15, -0.1) is 0 Å². The van der Waals surface area contributed by atoms with Crippen molar-refractivity contribution in [2.24, 2.45) is 5.92 Å². The van der Waals surface area contributed by atoms with Crippen LogP contribution in [-0.4, -0.2) is 71.0 Å². The summed E-state index contributed by atoms with van der Waals surface area (Å²) in [5.41, 5.74) is 0.151. The van der Waals surface area contributed by atoms with Gasteiger partial charge in [-0.05, 0) is 64.8 Å². The molecule has 29 heavy (non-hydrogen) atoms. The Morgan fingerprint density at radius 1 is 1.38 bits per heavy atom. The van der Waals surface area contributed by atoms with Gasteiger partial charge in [0.2, 0.25) is 0 Å². The number of aromatic nitrogens is 1. The van der Waals surface area contributed by atoms with Gasteiger partial charge in [0.05, 0.1) is 17.6 Å². The van der Waals surface area contributed by atoms with E-state index in [0.717, 1.165) is 50.5 Å². The van der Waals surface area contributed by atoms with Crippen molar-refractivity contribution in [3.05, 3.63) is 30.1 Å². The number of ether oxygens (including phenoxy) is 1. The van der Waals surface area contributed by atoms with Gasteiger partial charge in [-0.3, -0.25) is 14.7 Å². The molecule has 2 aliphatic heterocycles. The van der Waals surface area contributed by atoms with Crippen LogP contribution in [0.15, 0.2) is 24.4 Å². The third kappa shape index (κ3) is 5.44. The van der Waals surface area contributed by atoms with Gasteiger partial charge in [-0.2, -0.15) is 0 Å². The van der Waals surface area contributed by atoms with Gasteiger partial charge < -0.3 is 9.64 Å². The van der Waals surface area contributed by atoms with Crippen molar-refractivity contribution in [1.29, 1.82) is 0 Å². The molecule has 0 saturated carbocycles. The first-order valence-electron chi connectivity index (χ1n) is 11.2. The van der Waals surface area contributed by atoms with Crippen LogP contribution in [0, 0.1) is 5.92 Å². The lowest BCUT2D eigenvalue weighted by Crippen LogP contribution is -2.61. The predicted molar refractivity (Wildman–Crippen MR) is 117 cm³/mol. The molecule has 1 aromatic heterocycles. The Balaban J connectivity index is 1.76. The van der Waals surface area contributed by atoms with Crippen molar-refractivity contribution in [1.82, 2.24) is 14.8 Å². The van der Waals surface area contributed by atoms with Gasteiger partial charge in [-0.25, -0.2) is 0 Å². The lowest BCUT2D eigenvalue weighted by Gasteiger charge is -2.49. The van der Waals surface area contributed by atoms with Gasteiger partial charge >= 0.3 is 0 Å². The number of carbonyl (C=O) groups is 1. The van der Waals surface area contributed by atoms with Crippen molar-refractivity contribution in [2.75, 3.05) is 33.3 Å². The normalized spacial score (nSPS) is 27.6. The first kappa shape index (κ1) is 22.4. The molecule has 162 valence electrons. The highest BCUT2D eigenvalue weighted by Crippen LogP contribution is 2.40. The maximum absolute atomic E-state index is 13.7. The fraction of sp³-hybridized carbons (Fsp3) is 0.750. The molecule has 2 saturated heterocycles. The van der Waals surface area contributed by atoms with Crippen LogP contribution in [0.2, 0.25) is 0 Å². The van der Waals surface area contributed by atoms with E-state index in [9.17, 15) is 4.79 Å². The molecule has 0 aliphatic carbocycles. The van der Waals surface area contributed by atoms with E-state index in [4.69, 9.17) is 4.74 Å². The van der Waals surface area contributed by atoms with E-state index >= 15 is 0 Å². The molecule has 5 heteroatoms. The molecule has 5 nitrogen and oxygen atoms in total. The average molecular weight is 402 g/mol. The van der Waals surface area contributed by atoms with Crippen LogP contribution in [0.3, 0.4) is 0 Å². The summed E-state index contributed by atoms with van der Waals surface area (Å²) in [5, 5.41) is 0. The number of ketones is 1. The van der Waals surface area contributed by atoms with Crippen LogP contribution in [0.25, 0.3) is 0 Å². The summed E-state index contributed by atoms with van der Waals surface area (Å²) < 4.78 is 6.01. The van der Waals surface area contributed by atoms with E-state index in [1.165, 1.54) is 6.42 Å². The summed E-state index contributed by atoms with van der Waals surface area (Å²) in [6.45, 7) is 12.5. The van der Waals surface area contributed by atoms with E-state index in [2.05, 4.69) is 49.5 Å². The van der Waals surface area contributed by atoms with Crippen molar-refractivity contribution in [3.8, 4) is 0 Å². The number of hydrogen-bond donors (Lipinski definition) is 0. The highest BCUT2D eigenvalue weighted by molar-refractivity contribution is 5.90. The molecule has 0 unspecified atom stereocenters. The van der Waals surface area contributed by atoms with Crippen LogP contribution >= 0.6 is 0 Å². The summed E-state index contributed by atoms with van der Waals surface area (Å²) in [4.78, 5) is 23.1. The van der Waals surface area contributed by atoms with Gasteiger partial charge in [-0.1, -0.05) is 19.9 Å². The molecular formula is C24H39N3O2. The second-order valence-electron chi connectivity index (χ2n) is 10.0. The molecule has 3 rings (SSSR count). The molecule has 0 bridgehead atoms. The Morgan fingerprint density at radius 3 is 2.83 bits per heavy atom. The molecule has 0 N–H and O–H groups in total. The number of likely N-dealkylation sites (N-methyl/N-ethyl adjacent to an activating group) is 1. The second-order valence-corrected chi connectivity index (χ2v) is 10.0. The Labute approximate surface area is 176 Å². The quantitative estimate of drug-likeness (QED) is 0.666. The number of pyridine rings is 1. The van der Waals surface area contributed by atoms with E-state index in [1.807, 2.05) is 18.2 Å². The summed E-state index contributed by atoms with van der Waals surface area (Å²) in [7, 11) is 2.24. The SMILES string of the molecule is CC(C)CCN(C)[C@@H]1CCN([C@]2(C(=O)Cc3ccccn3)CCOC(C)(C)C2)C1. The summed E-state index contributed by atoms with van der Waals surface area (Å²) in [5.74, 6) is 1.02. The standard InChI is InChI=1S/C24H39N3O2/c1-19(2)9-13-26(5)21-10-14-27(17-21)24(11-15-29-23(3,4)18-24)22(28)16-20-8-6-7-12-25-20/h6-8,12,19,21H,9-11,13-18H2,1-5H3/t21-,24-/m1/s1. The minimum atomic E-state index is -0.438. The van der Waals surface area contributed by atoms with E-state index < -0.39 is 5.54 Å². The number of carbonyl (C=O) groups excluding carboxylic acids is 1. The van der Waals surface area contributed by atoms with Crippen LogP contribution in [0.5, 0.6) is 0 Å². The van der Waals surface area contributed by atoms with Crippen molar-refractivity contribution >= 4 is 5.78 Å². The summed E-state index contributed by atoms with van der Waals surface area (Å²) in [6.07, 6.45) is 6.07. The highest BCUT2D eigenvalue weighted by atomic mass is 16.5. The Kier molecular flexibility index (Phi) is 7.13. The molecule has 3 heterocycles. The number of hydrogen-bond acceptors (Lipinski definition) is 5. The number of likely N-dealkylation sites (tertiary alicyclic amines) is 1. The molecule has 0 radical (unpaired) electrons. The summed E-state index contributed by atoms with van der Waals surface area (Å²) >= 11 is 0. The van der Waals surface area contributed by atoms with Crippen LogP contribution in [-0.2, 0) is 16.0 Å². The number of rotatable bonds is 8. The van der Waals surface area contributed by atoms with Crippen LogP contribution in [0.4, 0.5) is 0 Å². The lowest BCUT2D eigenvalue weighted by atomic mass is 9.75. The molecule has 0 aromatic carbocycles. The third-order valence-corrected chi connectivity index (χ3v) is 6.76. The molecule has 2 atom stereocenters. The Bertz CT molecular complexity index is 676. The smallest absolute Gasteiger partial charge is 0.159 e. The zero-order valence-electron chi connectivity index (χ0n) is 19.0. The second kappa shape index (κ2) is 9.23. The predicted octanol–water partition coefficient (Wildman–Crippen LogP) is 3.57. The van der Waals surface area contributed by atoms with Gasteiger partial charge in [0.1, 0.15) is 0 Å². The van der Waals surface area contributed by atoms with Crippen molar-refractivity contribution < 1.29 is 9.53 Å². The maximum Gasteiger partial charge on any atom is 0.159 e. The minimum absolute atomic E-state index is 0.278. The van der Waals surface area contributed by atoms with Crippen LogP contribution in [0.1, 0.15) is 59.1 Å². The number of nitrogens with zero attached hydrogens (tertiary/aromatic N) is 3. The molecular weight excluding hydrogens is 362 g/mol. The molecule has 2 aliphatic rings. The minimum Gasteiger partial charge on any atom is -0.375 e. The Hall–Kier alpha value is -1.30. The monoisotopic (exact) mass is 401 g/mol. The largest absolute Gasteiger partial charge is 0.375 e. The zero-order chi connectivity index (χ0) is 21.1. The fourth-order valence-electron chi connectivity index (χ4n) is 4.99. The molecule has 2 fully saturated rings. The van der Waals surface area contributed by atoms with Gasteiger partial charge in [0.25, 0.3) is 0 Å². The molecule has 1 aromatic rings. The maximum atomic E-state index is 13.7. The topological polar surface area (TPSA) is 45.7 Å². The van der Waals surface area contributed by atoms with Gasteiger partial charge in [0.15, 0.2) is 5.78 Å². The van der Waals surface area contributed by atoms with E-state index in [1.54, 1.807) is 6.20 Å². The zero-order valence-corrected chi connectivity index (χ0v) is 19.0. The number of Topliss-reactive ketones (excluding diaryl/α,β-unsaturated/α-hetero) is 1. The fourth-order valence-corrected chi connectivity index (χ4v) is 4.99. The average Bonchev–Trinajstić information content (AvgIpc) is 3.17. The first-order chi connectivity index (χ1) is 13.7. The first-order valence-corrected chi connectivity index (χ1v) is 11.2. The Morgan fingerprint density at radius 2 is 2.17 bits per heavy atom. The third-order valence-electron chi connectivity index (χ3n) is 6.76. The van der Waals surface area contributed by atoms with E-state index in [-0.39, 0.29) is 5.60 Å². The molecule has 0 amide bonds. The lowest BCUT2D eigenvalue weighted by molar-refractivity contribution is -0.152. The van der Waals surface area contributed by atoms with E-state index in [0.29, 0.717) is 24.9 Å². The van der Waals surface area contributed by atoms with Crippen molar-refractivity contribution in [2.45, 2.75) is 77.0 Å². The van der Waals surface area contributed by atoms with Crippen molar-refractivity contribution in [3.63, 3.8) is 0 Å². The molecule has 0 spiro atoms. The summed E-state index contributed by atoms with van der Waals surface area (Å²) in [6, 6.07) is 6.35. The highest BCUT2D eigenvalue weighted by Gasteiger charge is 2.51.